The molecule has 0 saturated carbocycles. The van der Waals surface area contributed by atoms with Gasteiger partial charge in [0.25, 0.3) is 17.7 Å². The highest BCUT2D eigenvalue weighted by molar-refractivity contribution is 6.53. The number of para-hydroxylation sites is 1. The zero-order valence-corrected chi connectivity index (χ0v) is 17.8. The van der Waals surface area contributed by atoms with Crippen molar-refractivity contribution >= 4 is 40.7 Å². The van der Waals surface area contributed by atoms with Gasteiger partial charge < -0.3 is 10.6 Å². The second kappa shape index (κ2) is 9.49. The molecule has 0 unspecified atom stereocenters. The number of carbonyl (C=O) groups is 3. The minimum atomic E-state index is -0.597. The number of amides is 3. The predicted octanol–water partition coefficient (Wildman–Crippen LogP) is 4.09. The van der Waals surface area contributed by atoms with Gasteiger partial charge in [0.15, 0.2) is 0 Å². The van der Waals surface area contributed by atoms with Crippen molar-refractivity contribution in [2.75, 3.05) is 16.8 Å². The van der Waals surface area contributed by atoms with Crippen LogP contribution in [0, 0.1) is 0 Å². The van der Waals surface area contributed by atoms with Gasteiger partial charge >= 0.3 is 0 Å². The molecule has 0 aromatic heterocycles. The highest BCUT2D eigenvalue weighted by atomic mass is 35.5. The summed E-state index contributed by atoms with van der Waals surface area (Å²) in [4.78, 5) is 38.9. The molecule has 1 heterocycles. The summed E-state index contributed by atoms with van der Waals surface area (Å²) in [6.07, 6.45) is 0.721. The lowest BCUT2D eigenvalue weighted by Crippen LogP contribution is -2.32. The summed E-state index contributed by atoms with van der Waals surface area (Å²) in [5.41, 5.74) is 2.45. The van der Waals surface area contributed by atoms with Gasteiger partial charge in [-0.2, -0.15) is 0 Å². The van der Waals surface area contributed by atoms with Crippen LogP contribution in [0.3, 0.4) is 0 Å². The summed E-state index contributed by atoms with van der Waals surface area (Å²) >= 11 is 6.17. The zero-order valence-electron chi connectivity index (χ0n) is 17.0. The van der Waals surface area contributed by atoms with Crippen molar-refractivity contribution in [1.29, 1.82) is 0 Å². The third kappa shape index (κ3) is 4.55. The van der Waals surface area contributed by atoms with Gasteiger partial charge in [-0.1, -0.05) is 66.2 Å². The van der Waals surface area contributed by atoms with E-state index < -0.39 is 11.8 Å². The van der Waals surface area contributed by atoms with Crippen LogP contribution in [0.1, 0.15) is 15.9 Å². The van der Waals surface area contributed by atoms with Gasteiger partial charge in [-0.05, 0) is 42.3 Å². The topological polar surface area (TPSA) is 78.5 Å². The van der Waals surface area contributed by atoms with Gasteiger partial charge in [-0.25, -0.2) is 4.90 Å². The van der Waals surface area contributed by atoms with Crippen LogP contribution in [0.4, 0.5) is 11.4 Å². The first-order chi connectivity index (χ1) is 15.5. The molecule has 0 fully saturated rings. The quantitative estimate of drug-likeness (QED) is 0.537. The maximum absolute atomic E-state index is 12.8. The summed E-state index contributed by atoms with van der Waals surface area (Å²) in [5.74, 6) is -1.38. The molecule has 4 rings (SSSR count). The Hall–Kier alpha value is -3.90. The van der Waals surface area contributed by atoms with E-state index in [2.05, 4.69) is 10.6 Å². The number of nitrogens with zero attached hydrogens (tertiary/aromatic N) is 1. The SMILES string of the molecule is O=C(NCCc1ccccc1)c1cccc(NC2=C(Cl)C(=O)N(c3ccccc3)C2=O)c1. The molecule has 1 aliphatic heterocycles. The van der Waals surface area contributed by atoms with Crippen molar-refractivity contribution in [3.63, 3.8) is 0 Å². The molecule has 32 heavy (non-hydrogen) atoms. The molecule has 3 amide bonds. The van der Waals surface area contributed by atoms with E-state index in [1.807, 2.05) is 30.3 Å². The van der Waals surface area contributed by atoms with E-state index in [-0.39, 0.29) is 16.6 Å². The molecule has 0 aliphatic carbocycles. The Labute approximate surface area is 190 Å². The van der Waals surface area contributed by atoms with Gasteiger partial charge in [-0.3, -0.25) is 14.4 Å². The fourth-order valence-electron chi connectivity index (χ4n) is 3.37. The number of hydrogen-bond donors (Lipinski definition) is 2. The highest BCUT2D eigenvalue weighted by Gasteiger charge is 2.38. The summed E-state index contributed by atoms with van der Waals surface area (Å²) in [5, 5.41) is 5.59. The second-order valence-corrected chi connectivity index (χ2v) is 7.55. The molecule has 3 aromatic rings. The standard InChI is InChI=1S/C25H20ClN3O3/c26-21-22(25(32)29(24(21)31)20-12-5-2-6-13-20)28-19-11-7-10-18(16-19)23(30)27-15-14-17-8-3-1-4-9-17/h1-13,16,28H,14-15H2,(H,27,30). The number of halogens is 1. The molecular formula is C25H20ClN3O3. The van der Waals surface area contributed by atoms with E-state index in [4.69, 9.17) is 11.6 Å². The van der Waals surface area contributed by atoms with E-state index in [0.717, 1.165) is 16.9 Å². The summed E-state index contributed by atoms with van der Waals surface area (Å²) in [6, 6.07) is 25.1. The molecule has 1 aliphatic rings. The van der Waals surface area contributed by atoms with E-state index >= 15 is 0 Å². The molecule has 6 nitrogen and oxygen atoms in total. The monoisotopic (exact) mass is 445 g/mol. The minimum Gasteiger partial charge on any atom is -0.352 e. The first-order valence-electron chi connectivity index (χ1n) is 10.1. The number of carbonyl (C=O) groups excluding carboxylic acids is 3. The van der Waals surface area contributed by atoms with E-state index in [1.165, 1.54) is 0 Å². The van der Waals surface area contributed by atoms with Crippen LogP contribution >= 0.6 is 11.6 Å². The number of rotatable bonds is 7. The third-order valence-electron chi connectivity index (χ3n) is 4.98. The van der Waals surface area contributed by atoms with Crippen LogP contribution in [0.5, 0.6) is 0 Å². The van der Waals surface area contributed by atoms with Crippen molar-refractivity contribution in [1.82, 2.24) is 5.32 Å². The fourth-order valence-corrected chi connectivity index (χ4v) is 3.59. The third-order valence-corrected chi connectivity index (χ3v) is 5.33. The molecule has 0 spiro atoms. The van der Waals surface area contributed by atoms with Gasteiger partial charge in [0, 0.05) is 17.8 Å². The van der Waals surface area contributed by atoms with Crippen molar-refractivity contribution in [2.24, 2.45) is 0 Å². The summed E-state index contributed by atoms with van der Waals surface area (Å²) in [6.45, 7) is 0.497. The summed E-state index contributed by atoms with van der Waals surface area (Å²) in [7, 11) is 0. The van der Waals surface area contributed by atoms with Crippen molar-refractivity contribution in [2.45, 2.75) is 6.42 Å². The Morgan fingerprint density at radius 2 is 1.53 bits per heavy atom. The minimum absolute atomic E-state index is 0.0258. The largest absolute Gasteiger partial charge is 0.352 e. The first-order valence-corrected chi connectivity index (χ1v) is 10.4. The lowest BCUT2D eigenvalue weighted by molar-refractivity contribution is -0.120. The smallest absolute Gasteiger partial charge is 0.283 e. The number of hydrogen-bond acceptors (Lipinski definition) is 4. The van der Waals surface area contributed by atoms with E-state index in [9.17, 15) is 14.4 Å². The molecule has 0 bridgehead atoms. The van der Waals surface area contributed by atoms with E-state index in [1.54, 1.807) is 54.6 Å². The Balaban J connectivity index is 1.44. The second-order valence-electron chi connectivity index (χ2n) is 7.17. The van der Waals surface area contributed by atoms with Crippen molar-refractivity contribution < 1.29 is 14.4 Å². The fraction of sp³-hybridized carbons (Fsp3) is 0.0800. The maximum atomic E-state index is 12.8. The van der Waals surface area contributed by atoms with Gasteiger partial charge in [0.1, 0.15) is 10.7 Å². The van der Waals surface area contributed by atoms with Crippen LogP contribution < -0.4 is 15.5 Å². The van der Waals surface area contributed by atoms with Gasteiger partial charge in [0.2, 0.25) is 0 Å². The van der Waals surface area contributed by atoms with Crippen molar-refractivity contribution in [3.05, 3.63) is 107 Å². The van der Waals surface area contributed by atoms with Crippen LogP contribution in [-0.4, -0.2) is 24.3 Å². The number of anilines is 2. The molecule has 3 aromatic carbocycles. The Bertz CT molecular complexity index is 1190. The predicted molar refractivity (Wildman–Crippen MR) is 124 cm³/mol. The average molecular weight is 446 g/mol. The maximum Gasteiger partial charge on any atom is 0.283 e. The number of benzene rings is 3. The Kier molecular flexibility index (Phi) is 6.33. The normalized spacial score (nSPS) is 13.5. The Morgan fingerprint density at radius 3 is 2.25 bits per heavy atom. The molecule has 0 saturated heterocycles. The Morgan fingerprint density at radius 1 is 0.844 bits per heavy atom. The molecule has 160 valence electrons. The van der Waals surface area contributed by atoms with Crippen LogP contribution in [0.15, 0.2) is 95.7 Å². The summed E-state index contributed by atoms with van der Waals surface area (Å²) < 4.78 is 0. The molecule has 7 heteroatoms. The van der Waals surface area contributed by atoms with Crippen LogP contribution in [0.2, 0.25) is 0 Å². The highest BCUT2D eigenvalue weighted by Crippen LogP contribution is 2.30. The van der Waals surface area contributed by atoms with Crippen molar-refractivity contribution in [3.8, 4) is 0 Å². The lowest BCUT2D eigenvalue weighted by atomic mass is 10.1. The van der Waals surface area contributed by atoms with E-state index in [0.29, 0.717) is 23.5 Å². The first kappa shape index (κ1) is 21.3. The number of imide groups is 1. The molecular weight excluding hydrogens is 426 g/mol. The van der Waals surface area contributed by atoms with Gasteiger partial charge in [-0.15, -0.1) is 0 Å². The van der Waals surface area contributed by atoms with Crippen LogP contribution in [0.25, 0.3) is 0 Å². The molecule has 0 atom stereocenters. The number of nitrogens with one attached hydrogen (secondary N) is 2. The van der Waals surface area contributed by atoms with Gasteiger partial charge in [0.05, 0.1) is 5.69 Å². The molecule has 2 N–H and O–H groups in total. The lowest BCUT2D eigenvalue weighted by Gasteiger charge is -2.15. The van der Waals surface area contributed by atoms with Crippen LogP contribution in [-0.2, 0) is 16.0 Å². The zero-order chi connectivity index (χ0) is 22.5. The average Bonchev–Trinajstić information content (AvgIpc) is 3.03. The molecule has 0 radical (unpaired) electrons.